The number of aryl methyl sites for hydroxylation is 1. The molecule has 3 rings (SSSR count). The van der Waals surface area contributed by atoms with Crippen molar-refractivity contribution in [2.24, 2.45) is 0 Å². The maximum Gasteiger partial charge on any atom is 0.299 e. The fourth-order valence-electron chi connectivity index (χ4n) is 2.16. The molecule has 88 valence electrons. The molecule has 0 aromatic heterocycles. The standard InChI is InChI=1S/C12H10BrNO3/c1-6-2-7(13)3-9-10(6)14(4-8-5-17-8)12(16)11(9)15/h2-3,8H,4-5H2,1H3. The molecule has 4 nitrogen and oxygen atoms in total. The molecule has 0 spiro atoms. The van der Waals surface area contributed by atoms with Crippen LogP contribution < -0.4 is 4.90 Å². The lowest BCUT2D eigenvalue weighted by atomic mass is 10.1. The van der Waals surface area contributed by atoms with Crippen molar-refractivity contribution >= 4 is 33.3 Å². The Morgan fingerprint density at radius 2 is 2.18 bits per heavy atom. The second kappa shape index (κ2) is 3.65. The van der Waals surface area contributed by atoms with Crippen LogP contribution in [0.2, 0.25) is 0 Å². The number of hydrogen-bond acceptors (Lipinski definition) is 3. The number of hydrogen-bond donors (Lipinski definition) is 0. The molecule has 0 saturated carbocycles. The molecule has 1 amide bonds. The number of nitrogens with zero attached hydrogens (tertiary/aromatic N) is 1. The van der Waals surface area contributed by atoms with E-state index in [1.807, 2.05) is 13.0 Å². The van der Waals surface area contributed by atoms with Gasteiger partial charge in [-0.05, 0) is 24.6 Å². The highest BCUT2D eigenvalue weighted by atomic mass is 79.9. The minimum absolute atomic E-state index is 0.0840. The Balaban J connectivity index is 2.10. The zero-order chi connectivity index (χ0) is 12.2. The molecule has 5 heteroatoms. The van der Waals surface area contributed by atoms with E-state index in [2.05, 4.69) is 15.9 Å². The molecule has 1 aromatic rings. The number of epoxide rings is 1. The number of fused-ring (bicyclic) bond motifs is 1. The number of rotatable bonds is 2. The van der Waals surface area contributed by atoms with Crippen LogP contribution >= 0.6 is 15.9 Å². The molecule has 1 aromatic carbocycles. The molecule has 2 aliphatic heterocycles. The second-order valence-corrected chi connectivity index (χ2v) is 5.23. The van der Waals surface area contributed by atoms with Crippen LogP contribution in [-0.2, 0) is 9.53 Å². The molecule has 0 aliphatic carbocycles. The van der Waals surface area contributed by atoms with Gasteiger partial charge < -0.3 is 9.64 Å². The van der Waals surface area contributed by atoms with Crippen molar-refractivity contribution in [2.75, 3.05) is 18.1 Å². The van der Waals surface area contributed by atoms with Crippen LogP contribution in [0.4, 0.5) is 5.69 Å². The SMILES string of the molecule is Cc1cc(Br)cc2c1N(CC1CO1)C(=O)C2=O. The van der Waals surface area contributed by atoms with Gasteiger partial charge in [-0.15, -0.1) is 0 Å². The van der Waals surface area contributed by atoms with Crippen molar-refractivity contribution in [1.29, 1.82) is 0 Å². The molecule has 1 saturated heterocycles. The first kappa shape index (κ1) is 10.9. The van der Waals surface area contributed by atoms with Crippen molar-refractivity contribution in [2.45, 2.75) is 13.0 Å². The van der Waals surface area contributed by atoms with Gasteiger partial charge in [0.05, 0.1) is 30.5 Å². The van der Waals surface area contributed by atoms with Gasteiger partial charge in [-0.1, -0.05) is 15.9 Å². The number of carbonyl (C=O) groups excluding carboxylic acids is 2. The lowest BCUT2D eigenvalue weighted by Crippen LogP contribution is -2.33. The van der Waals surface area contributed by atoms with Gasteiger partial charge in [-0.25, -0.2) is 0 Å². The van der Waals surface area contributed by atoms with E-state index in [0.717, 1.165) is 15.7 Å². The second-order valence-electron chi connectivity index (χ2n) is 4.32. The summed E-state index contributed by atoms with van der Waals surface area (Å²) in [6.45, 7) is 3.04. The number of halogens is 1. The molecule has 1 unspecified atom stereocenters. The third kappa shape index (κ3) is 1.70. The Bertz CT molecular complexity index is 537. The lowest BCUT2D eigenvalue weighted by molar-refractivity contribution is -0.114. The number of ketones is 1. The number of carbonyl (C=O) groups is 2. The molecular formula is C12H10BrNO3. The first-order valence-corrected chi connectivity index (χ1v) is 6.15. The van der Waals surface area contributed by atoms with E-state index >= 15 is 0 Å². The van der Waals surface area contributed by atoms with Crippen LogP contribution in [-0.4, -0.2) is 30.9 Å². The summed E-state index contributed by atoms with van der Waals surface area (Å²) in [5.41, 5.74) is 2.15. The van der Waals surface area contributed by atoms with Crippen LogP contribution in [0.1, 0.15) is 15.9 Å². The van der Waals surface area contributed by atoms with Crippen molar-refractivity contribution in [3.05, 3.63) is 27.7 Å². The van der Waals surface area contributed by atoms with E-state index in [1.54, 1.807) is 6.07 Å². The minimum atomic E-state index is -0.448. The summed E-state index contributed by atoms with van der Waals surface area (Å²) < 4.78 is 5.94. The summed E-state index contributed by atoms with van der Waals surface area (Å²) in [6.07, 6.45) is 0.0840. The first-order valence-electron chi connectivity index (χ1n) is 5.36. The molecule has 17 heavy (non-hydrogen) atoms. The van der Waals surface area contributed by atoms with E-state index in [-0.39, 0.29) is 6.10 Å². The number of ether oxygens (including phenoxy) is 1. The fraction of sp³-hybridized carbons (Fsp3) is 0.333. The predicted octanol–water partition coefficient (Wildman–Crippen LogP) is 1.69. The predicted molar refractivity (Wildman–Crippen MR) is 65.3 cm³/mol. The van der Waals surface area contributed by atoms with Gasteiger partial charge in [0, 0.05) is 4.47 Å². The Hall–Kier alpha value is -1.20. The highest BCUT2D eigenvalue weighted by Gasteiger charge is 2.40. The maximum atomic E-state index is 11.9. The third-order valence-corrected chi connectivity index (χ3v) is 3.47. The average molecular weight is 296 g/mol. The molecule has 0 radical (unpaired) electrons. The number of benzene rings is 1. The fourth-order valence-corrected chi connectivity index (χ4v) is 2.73. The topological polar surface area (TPSA) is 49.9 Å². The Morgan fingerprint density at radius 1 is 1.47 bits per heavy atom. The zero-order valence-corrected chi connectivity index (χ0v) is 10.8. The van der Waals surface area contributed by atoms with Crippen molar-refractivity contribution in [1.82, 2.24) is 0 Å². The molecule has 1 fully saturated rings. The van der Waals surface area contributed by atoms with Crippen molar-refractivity contribution in [3.63, 3.8) is 0 Å². The summed E-state index contributed by atoms with van der Waals surface area (Å²) in [5.74, 6) is -0.873. The number of anilines is 1. The summed E-state index contributed by atoms with van der Waals surface area (Å²) >= 11 is 3.34. The summed E-state index contributed by atoms with van der Waals surface area (Å²) in [4.78, 5) is 25.3. The van der Waals surface area contributed by atoms with E-state index < -0.39 is 11.7 Å². The molecule has 0 bridgehead atoms. The van der Waals surface area contributed by atoms with E-state index in [9.17, 15) is 9.59 Å². The monoisotopic (exact) mass is 295 g/mol. The van der Waals surface area contributed by atoms with E-state index in [4.69, 9.17) is 4.74 Å². The minimum Gasteiger partial charge on any atom is -0.371 e. The summed E-state index contributed by atoms with van der Waals surface area (Å²) in [6, 6.07) is 3.61. The molecule has 2 aliphatic rings. The summed E-state index contributed by atoms with van der Waals surface area (Å²) in [7, 11) is 0. The normalized spacial score (nSPS) is 22.0. The van der Waals surface area contributed by atoms with Crippen LogP contribution in [0.15, 0.2) is 16.6 Å². The van der Waals surface area contributed by atoms with Crippen LogP contribution in [0.25, 0.3) is 0 Å². The van der Waals surface area contributed by atoms with Crippen molar-refractivity contribution < 1.29 is 14.3 Å². The molecule has 2 heterocycles. The van der Waals surface area contributed by atoms with Crippen molar-refractivity contribution in [3.8, 4) is 0 Å². The van der Waals surface area contributed by atoms with Gasteiger partial charge in [-0.3, -0.25) is 9.59 Å². The summed E-state index contributed by atoms with van der Waals surface area (Å²) in [5, 5.41) is 0. The lowest BCUT2D eigenvalue weighted by Gasteiger charge is -2.17. The van der Waals surface area contributed by atoms with Gasteiger partial charge in [0.1, 0.15) is 0 Å². The highest BCUT2D eigenvalue weighted by molar-refractivity contribution is 9.10. The molecule has 0 N–H and O–H groups in total. The highest BCUT2D eigenvalue weighted by Crippen LogP contribution is 2.35. The largest absolute Gasteiger partial charge is 0.371 e. The van der Waals surface area contributed by atoms with Crippen LogP contribution in [0, 0.1) is 6.92 Å². The molecule has 1 atom stereocenters. The van der Waals surface area contributed by atoms with Crippen LogP contribution in [0.5, 0.6) is 0 Å². The van der Waals surface area contributed by atoms with E-state index in [1.165, 1.54) is 4.90 Å². The molecular weight excluding hydrogens is 286 g/mol. The van der Waals surface area contributed by atoms with Gasteiger partial charge in [0.2, 0.25) is 0 Å². The Labute approximate surface area is 107 Å². The van der Waals surface area contributed by atoms with Gasteiger partial charge in [0.15, 0.2) is 0 Å². The van der Waals surface area contributed by atoms with E-state index in [0.29, 0.717) is 18.7 Å². The zero-order valence-electron chi connectivity index (χ0n) is 9.20. The Morgan fingerprint density at radius 3 is 2.82 bits per heavy atom. The smallest absolute Gasteiger partial charge is 0.299 e. The first-order chi connectivity index (χ1) is 8.08. The number of Topliss-reactive ketones (excluding diaryl/α,β-unsaturated/α-hetero) is 1. The van der Waals surface area contributed by atoms with Gasteiger partial charge in [-0.2, -0.15) is 0 Å². The van der Waals surface area contributed by atoms with Gasteiger partial charge in [0.25, 0.3) is 11.7 Å². The average Bonchev–Trinajstić information content (AvgIpc) is 3.04. The Kier molecular flexibility index (Phi) is 2.34. The number of amides is 1. The third-order valence-electron chi connectivity index (χ3n) is 3.01. The maximum absolute atomic E-state index is 11.9. The van der Waals surface area contributed by atoms with Gasteiger partial charge >= 0.3 is 0 Å². The quantitative estimate of drug-likeness (QED) is 0.616. The van der Waals surface area contributed by atoms with Crippen LogP contribution in [0.3, 0.4) is 0 Å².